The molecule has 0 heterocycles. The van der Waals surface area contributed by atoms with Gasteiger partial charge in [-0.05, 0) is 24.2 Å². The van der Waals surface area contributed by atoms with Crippen LogP contribution in [0.5, 0.6) is 0 Å². The van der Waals surface area contributed by atoms with Crippen LogP contribution in [0, 0.1) is 0 Å². The van der Waals surface area contributed by atoms with Gasteiger partial charge in [-0.3, -0.25) is 0 Å². The molecule has 48 heavy (non-hydrogen) atoms. The second-order valence-corrected chi connectivity index (χ2v) is 18.6. The molecule has 0 aromatic rings. The fourth-order valence-electron chi connectivity index (χ4n) is 7.71. The first-order valence-electron chi connectivity index (χ1n) is 23.0. The van der Waals surface area contributed by atoms with Crippen molar-refractivity contribution in [2.75, 3.05) is 0 Å². The van der Waals surface area contributed by atoms with Crippen LogP contribution in [0.15, 0.2) is 0 Å². The zero-order chi connectivity index (χ0) is 34.1. The first-order chi connectivity index (χ1) is 23.2. The molecule has 0 aliphatic carbocycles. The summed E-state index contributed by atoms with van der Waals surface area (Å²) in [7, 11) is 1.20. The Morgan fingerprint density at radius 3 is 0.562 bits per heavy atom. The lowest BCUT2D eigenvalue weighted by Crippen LogP contribution is -2.02. The van der Waals surface area contributed by atoms with E-state index in [0.717, 1.165) is 11.3 Å². The fourth-order valence-corrected chi connectivity index (χ4v) is 9.42. The second-order valence-electron chi connectivity index (χ2n) is 16.3. The van der Waals surface area contributed by atoms with Crippen LogP contribution in [0.2, 0.25) is 0 Å². The number of rotatable bonds is 42. The number of hydrogen-bond acceptors (Lipinski definition) is 0. The first-order valence-corrected chi connectivity index (χ1v) is 24.1. The second kappa shape index (κ2) is 46.2. The van der Waals surface area contributed by atoms with Crippen molar-refractivity contribution in [3.8, 4) is 0 Å². The Balaban J connectivity index is 0. The predicted molar refractivity (Wildman–Crippen MR) is 239 cm³/mol. The lowest BCUT2D eigenvalue weighted by Gasteiger charge is -2.17. The van der Waals surface area contributed by atoms with Crippen LogP contribution in [0.3, 0.4) is 0 Å². The van der Waals surface area contributed by atoms with Gasteiger partial charge in [-0.25, -0.2) is 0 Å². The minimum atomic E-state index is 0. The predicted octanol–water partition coefficient (Wildman–Crippen LogP) is 18.7. The lowest BCUT2D eigenvalue weighted by atomic mass is 10.0. The highest BCUT2D eigenvalue weighted by atomic mass is 127. The van der Waals surface area contributed by atoms with Gasteiger partial charge in [-0.2, -0.15) is 0 Å². The zero-order valence-corrected chi connectivity index (χ0v) is 37.7. The molecule has 0 fully saturated rings. The summed E-state index contributed by atoms with van der Waals surface area (Å²) in [6, 6.07) is 0. The van der Waals surface area contributed by atoms with Gasteiger partial charge in [0.05, 0.1) is 0 Å². The molecule has 2 atom stereocenters. The molecule has 0 radical (unpaired) electrons. The van der Waals surface area contributed by atoms with Gasteiger partial charge >= 0.3 is 0 Å². The summed E-state index contributed by atoms with van der Waals surface area (Å²) < 4.78 is 0. The van der Waals surface area contributed by atoms with Crippen LogP contribution in [0.25, 0.3) is 0 Å². The van der Waals surface area contributed by atoms with Crippen LogP contribution in [0.4, 0.5) is 0 Å². The smallest absolute Gasteiger partial charge is 0.0263 e. The van der Waals surface area contributed by atoms with E-state index in [0.29, 0.717) is 0 Å². The molecule has 0 aliphatic heterocycles. The summed E-state index contributed by atoms with van der Waals surface area (Å²) in [4.78, 5) is 0. The molecular weight excluding hydrogens is 710 g/mol. The summed E-state index contributed by atoms with van der Waals surface area (Å²) in [5.74, 6) is 0. The van der Waals surface area contributed by atoms with Gasteiger partial charge in [0.15, 0.2) is 0 Å². The van der Waals surface area contributed by atoms with Crippen molar-refractivity contribution in [2.45, 2.75) is 296 Å². The molecule has 0 saturated heterocycles. The Morgan fingerprint density at radius 1 is 0.250 bits per heavy atom. The van der Waals surface area contributed by atoms with Gasteiger partial charge in [-0.1, -0.05) is 272 Å². The Labute approximate surface area is 326 Å². The minimum Gasteiger partial charge on any atom is -0.116 e. The van der Waals surface area contributed by atoms with E-state index in [1.165, 1.54) is 265 Å². The molecule has 292 valence electrons. The standard InChI is InChI=1S/C46H95P.HI/c1-5-7-9-11-13-15-17-19-21-23-25-27-29-31-33-35-37-39-41-43-45(3)47-46(4)44-42-40-38-36-34-32-30-28-26-24-22-20-18-16-14-12-10-8-6-2;/h45-47H,5-44H2,1-4H3;1H. The van der Waals surface area contributed by atoms with Crippen LogP contribution < -0.4 is 0 Å². The summed E-state index contributed by atoms with van der Waals surface area (Å²) in [5.41, 5.74) is 1.94. The third-order valence-corrected chi connectivity index (χ3v) is 12.8. The number of unbranched alkanes of at least 4 members (excludes halogenated alkanes) is 36. The maximum atomic E-state index is 2.54. The van der Waals surface area contributed by atoms with E-state index in [1.54, 1.807) is 0 Å². The van der Waals surface area contributed by atoms with Gasteiger partial charge in [0, 0.05) is 0 Å². The van der Waals surface area contributed by atoms with E-state index in [9.17, 15) is 0 Å². The molecule has 0 aliphatic rings. The van der Waals surface area contributed by atoms with E-state index >= 15 is 0 Å². The highest BCUT2D eigenvalue weighted by Gasteiger charge is 2.08. The van der Waals surface area contributed by atoms with Crippen molar-refractivity contribution >= 4 is 32.6 Å². The topological polar surface area (TPSA) is 0 Å². The monoisotopic (exact) mass is 807 g/mol. The van der Waals surface area contributed by atoms with Gasteiger partial charge in [-0.15, -0.1) is 32.6 Å². The Bertz CT molecular complexity index is 490. The summed E-state index contributed by atoms with van der Waals surface area (Å²) in [6.07, 6.45) is 59.2. The molecule has 0 rings (SSSR count). The summed E-state index contributed by atoms with van der Waals surface area (Å²) in [5, 5.41) is 0. The van der Waals surface area contributed by atoms with E-state index < -0.39 is 0 Å². The van der Waals surface area contributed by atoms with Gasteiger partial charge in [0.1, 0.15) is 0 Å². The summed E-state index contributed by atoms with van der Waals surface area (Å²) >= 11 is 0. The molecule has 2 unspecified atom stereocenters. The van der Waals surface area contributed by atoms with Crippen molar-refractivity contribution in [2.24, 2.45) is 0 Å². The molecule has 0 N–H and O–H groups in total. The minimum absolute atomic E-state index is 0. The summed E-state index contributed by atoms with van der Waals surface area (Å²) in [6.45, 7) is 9.71. The highest BCUT2D eigenvalue weighted by Crippen LogP contribution is 2.32. The third-order valence-electron chi connectivity index (χ3n) is 11.1. The maximum Gasteiger partial charge on any atom is -0.0263 e. The van der Waals surface area contributed by atoms with Gasteiger partial charge in [0.2, 0.25) is 0 Å². The third kappa shape index (κ3) is 45.2. The maximum absolute atomic E-state index is 2.54. The highest BCUT2D eigenvalue weighted by molar-refractivity contribution is 14.0. The van der Waals surface area contributed by atoms with Crippen LogP contribution in [-0.2, 0) is 0 Å². The van der Waals surface area contributed by atoms with Gasteiger partial charge in [0.25, 0.3) is 0 Å². The quantitative estimate of drug-likeness (QED) is 0.0327. The average Bonchev–Trinajstić information content (AvgIpc) is 3.06. The Kier molecular flexibility index (Phi) is 49.3. The number of hydrogen-bond donors (Lipinski definition) is 0. The van der Waals surface area contributed by atoms with E-state index in [4.69, 9.17) is 0 Å². The van der Waals surface area contributed by atoms with Crippen LogP contribution >= 0.6 is 32.6 Å². The fraction of sp³-hybridized carbons (Fsp3) is 1.00. The largest absolute Gasteiger partial charge is 0.116 e. The SMILES string of the molecule is CCCCCCCCCCCCCCCCCCCCCC(C)PC(C)CCCCCCCCCCCCCCCCCCCCC.I. The first kappa shape index (κ1) is 51.3. The Morgan fingerprint density at radius 2 is 0.396 bits per heavy atom. The molecule has 0 aromatic heterocycles. The molecule has 2 heteroatoms. The van der Waals surface area contributed by atoms with Crippen LogP contribution in [-0.4, -0.2) is 11.3 Å². The van der Waals surface area contributed by atoms with Gasteiger partial charge < -0.3 is 0 Å². The molecule has 0 bridgehead atoms. The van der Waals surface area contributed by atoms with Crippen molar-refractivity contribution in [3.63, 3.8) is 0 Å². The van der Waals surface area contributed by atoms with E-state index in [1.807, 2.05) is 0 Å². The Hall–Kier alpha value is 1.16. The zero-order valence-electron chi connectivity index (χ0n) is 34.3. The van der Waals surface area contributed by atoms with E-state index in [2.05, 4.69) is 27.7 Å². The number of halogens is 1. The molecule has 0 saturated carbocycles. The molecule has 0 aromatic carbocycles. The molecule has 0 spiro atoms. The van der Waals surface area contributed by atoms with Crippen molar-refractivity contribution < 1.29 is 0 Å². The molecular formula is C46H96IP. The lowest BCUT2D eigenvalue weighted by molar-refractivity contribution is 0.521. The average molecular weight is 807 g/mol. The van der Waals surface area contributed by atoms with Crippen LogP contribution in [0.1, 0.15) is 285 Å². The normalized spacial score (nSPS) is 13.0. The van der Waals surface area contributed by atoms with E-state index in [-0.39, 0.29) is 24.0 Å². The van der Waals surface area contributed by atoms with Crippen molar-refractivity contribution in [1.82, 2.24) is 0 Å². The van der Waals surface area contributed by atoms with Crippen molar-refractivity contribution in [1.29, 1.82) is 0 Å². The molecule has 0 nitrogen and oxygen atoms in total. The van der Waals surface area contributed by atoms with Crippen molar-refractivity contribution in [3.05, 3.63) is 0 Å². The molecule has 0 amide bonds.